The minimum atomic E-state index is -0.249. The number of hydrazone groups is 1. The van der Waals surface area contributed by atoms with Crippen LogP contribution in [0.1, 0.15) is 12.6 Å². The van der Waals surface area contributed by atoms with Crippen LogP contribution in [-0.2, 0) is 4.79 Å². The average Bonchev–Trinajstić information content (AvgIpc) is 2.58. The van der Waals surface area contributed by atoms with Crippen LogP contribution in [0.4, 0.5) is 5.69 Å². The first-order valence-electron chi connectivity index (χ1n) is 6.82. The highest BCUT2D eigenvalue weighted by Crippen LogP contribution is 2.22. The number of nitrogens with zero attached hydrogens (tertiary/aromatic N) is 2. The van der Waals surface area contributed by atoms with E-state index in [1.165, 1.54) is 0 Å². The van der Waals surface area contributed by atoms with E-state index in [2.05, 4.69) is 20.8 Å². The second-order valence-corrected chi connectivity index (χ2v) is 4.50. The number of benzene rings is 1. The summed E-state index contributed by atoms with van der Waals surface area (Å²) in [5, 5.41) is 7.04. The summed E-state index contributed by atoms with van der Waals surface area (Å²) >= 11 is 0. The van der Waals surface area contributed by atoms with Gasteiger partial charge >= 0.3 is 0 Å². The predicted molar refractivity (Wildman–Crippen MR) is 86.1 cm³/mol. The Morgan fingerprint density at radius 1 is 1.23 bits per heavy atom. The van der Waals surface area contributed by atoms with Crippen molar-refractivity contribution in [3.05, 3.63) is 54.4 Å². The number of anilines is 1. The molecule has 0 aliphatic carbocycles. The second-order valence-electron chi connectivity index (χ2n) is 4.50. The Balaban J connectivity index is 1.88. The van der Waals surface area contributed by atoms with Gasteiger partial charge in [-0.3, -0.25) is 9.78 Å². The molecule has 22 heavy (non-hydrogen) atoms. The summed E-state index contributed by atoms with van der Waals surface area (Å²) in [6, 6.07) is 12.9. The van der Waals surface area contributed by atoms with Crippen LogP contribution in [0, 0.1) is 0 Å². The van der Waals surface area contributed by atoms with Crippen LogP contribution in [0.15, 0.2) is 53.8 Å². The average molecular weight is 298 g/mol. The standard InChI is InChI=1S/C16H18N4O2/c1-12(13-7-5-6-10-17-13)19-20-16(21)11-18-14-8-3-4-9-15(14)22-2/h3-10,18H,11H2,1-2H3,(H,20,21)/b19-12+. The number of para-hydroxylation sites is 2. The zero-order chi connectivity index (χ0) is 15.8. The topological polar surface area (TPSA) is 75.6 Å². The summed E-state index contributed by atoms with van der Waals surface area (Å²) in [7, 11) is 1.58. The Labute approximate surface area is 129 Å². The minimum Gasteiger partial charge on any atom is -0.495 e. The molecule has 0 fully saturated rings. The molecule has 2 rings (SSSR count). The lowest BCUT2D eigenvalue weighted by Crippen LogP contribution is -2.27. The molecule has 1 amide bonds. The second kappa shape index (κ2) is 7.78. The highest BCUT2D eigenvalue weighted by Gasteiger charge is 2.05. The van der Waals surface area contributed by atoms with Gasteiger partial charge in [0, 0.05) is 6.20 Å². The maximum atomic E-state index is 11.8. The summed E-state index contributed by atoms with van der Waals surface area (Å²) in [5.74, 6) is 0.435. The number of carbonyl (C=O) groups is 1. The SMILES string of the molecule is COc1ccccc1NCC(=O)N/N=C(\C)c1ccccn1. The van der Waals surface area contributed by atoms with Gasteiger partial charge < -0.3 is 10.1 Å². The third-order valence-electron chi connectivity index (χ3n) is 2.93. The molecule has 0 saturated carbocycles. The number of hydrogen-bond donors (Lipinski definition) is 2. The first kappa shape index (κ1) is 15.5. The van der Waals surface area contributed by atoms with Crippen molar-refractivity contribution in [1.82, 2.24) is 10.4 Å². The molecule has 1 aromatic heterocycles. The lowest BCUT2D eigenvalue weighted by atomic mass is 10.3. The quantitative estimate of drug-likeness (QED) is 0.632. The molecule has 0 atom stereocenters. The van der Waals surface area contributed by atoms with Crippen molar-refractivity contribution in [2.45, 2.75) is 6.92 Å². The molecule has 0 radical (unpaired) electrons. The van der Waals surface area contributed by atoms with Gasteiger partial charge in [-0.2, -0.15) is 5.10 Å². The van der Waals surface area contributed by atoms with Crippen LogP contribution in [0.3, 0.4) is 0 Å². The van der Waals surface area contributed by atoms with Gasteiger partial charge in [0.15, 0.2) is 0 Å². The molecular formula is C16H18N4O2. The van der Waals surface area contributed by atoms with E-state index in [1.54, 1.807) is 20.2 Å². The van der Waals surface area contributed by atoms with Gasteiger partial charge in [0.25, 0.3) is 5.91 Å². The summed E-state index contributed by atoms with van der Waals surface area (Å²) < 4.78 is 5.20. The van der Waals surface area contributed by atoms with Crippen LogP contribution >= 0.6 is 0 Å². The number of ether oxygens (including phenoxy) is 1. The largest absolute Gasteiger partial charge is 0.495 e. The van der Waals surface area contributed by atoms with E-state index in [0.717, 1.165) is 11.4 Å². The molecule has 0 saturated heterocycles. The number of amides is 1. The molecule has 2 aromatic rings. The van der Waals surface area contributed by atoms with Crippen LogP contribution in [0.2, 0.25) is 0 Å². The third kappa shape index (κ3) is 4.31. The molecule has 1 heterocycles. The van der Waals surface area contributed by atoms with Gasteiger partial charge in [0.2, 0.25) is 0 Å². The van der Waals surface area contributed by atoms with E-state index in [0.29, 0.717) is 11.5 Å². The van der Waals surface area contributed by atoms with Gasteiger partial charge in [-0.15, -0.1) is 0 Å². The Bertz CT molecular complexity index is 656. The number of nitrogens with one attached hydrogen (secondary N) is 2. The fraction of sp³-hybridized carbons (Fsp3) is 0.188. The zero-order valence-corrected chi connectivity index (χ0v) is 12.5. The Kier molecular flexibility index (Phi) is 5.48. The first-order chi connectivity index (χ1) is 10.7. The molecule has 2 N–H and O–H groups in total. The van der Waals surface area contributed by atoms with Crippen molar-refractivity contribution in [2.75, 3.05) is 19.0 Å². The monoisotopic (exact) mass is 298 g/mol. The van der Waals surface area contributed by atoms with Gasteiger partial charge in [-0.1, -0.05) is 18.2 Å². The van der Waals surface area contributed by atoms with Crippen molar-refractivity contribution in [1.29, 1.82) is 0 Å². The number of aromatic nitrogens is 1. The Morgan fingerprint density at radius 3 is 2.73 bits per heavy atom. The molecule has 6 heteroatoms. The van der Waals surface area contributed by atoms with Crippen LogP contribution in [0.25, 0.3) is 0 Å². The lowest BCUT2D eigenvalue weighted by molar-refractivity contribution is -0.119. The Morgan fingerprint density at radius 2 is 2.00 bits per heavy atom. The van der Waals surface area contributed by atoms with Gasteiger partial charge in [0.1, 0.15) is 5.75 Å². The first-order valence-corrected chi connectivity index (χ1v) is 6.82. The fourth-order valence-electron chi connectivity index (χ4n) is 1.79. The number of rotatable bonds is 6. The van der Waals surface area contributed by atoms with Crippen molar-refractivity contribution in [3.63, 3.8) is 0 Å². The van der Waals surface area contributed by atoms with Crippen molar-refractivity contribution in [3.8, 4) is 5.75 Å². The van der Waals surface area contributed by atoms with Gasteiger partial charge in [0.05, 0.1) is 30.7 Å². The predicted octanol–water partition coefficient (Wildman–Crippen LogP) is 2.04. The summed E-state index contributed by atoms with van der Waals surface area (Å²) in [4.78, 5) is 16.0. The summed E-state index contributed by atoms with van der Waals surface area (Å²) in [6.45, 7) is 1.88. The maximum Gasteiger partial charge on any atom is 0.259 e. The van der Waals surface area contributed by atoms with Crippen molar-refractivity contribution in [2.24, 2.45) is 5.10 Å². The molecule has 0 unspecified atom stereocenters. The van der Waals surface area contributed by atoms with E-state index in [9.17, 15) is 4.79 Å². The van der Waals surface area contributed by atoms with Crippen molar-refractivity contribution >= 4 is 17.3 Å². The van der Waals surface area contributed by atoms with E-state index >= 15 is 0 Å². The molecule has 6 nitrogen and oxygen atoms in total. The number of carbonyl (C=O) groups excluding carboxylic acids is 1. The normalized spacial score (nSPS) is 10.9. The Hall–Kier alpha value is -2.89. The summed E-state index contributed by atoms with van der Waals surface area (Å²) in [5.41, 5.74) is 4.62. The molecular weight excluding hydrogens is 280 g/mol. The molecule has 0 spiro atoms. The van der Waals surface area contributed by atoms with E-state index in [-0.39, 0.29) is 12.5 Å². The van der Waals surface area contributed by atoms with Crippen LogP contribution < -0.4 is 15.5 Å². The smallest absolute Gasteiger partial charge is 0.259 e. The minimum absolute atomic E-state index is 0.0966. The fourth-order valence-corrected chi connectivity index (χ4v) is 1.79. The summed E-state index contributed by atoms with van der Waals surface area (Å²) in [6.07, 6.45) is 1.68. The third-order valence-corrected chi connectivity index (χ3v) is 2.93. The van der Waals surface area contributed by atoms with E-state index in [1.807, 2.05) is 42.5 Å². The van der Waals surface area contributed by atoms with E-state index in [4.69, 9.17) is 4.74 Å². The molecule has 114 valence electrons. The lowest BCUT2D eigenvalue weighted by Gasteiger charge is -2.10. The van der Waals surface area contributed by atoms with Crippen LogP contribution in [0.5, 0.6) is 5.75 Å². The highest BCUT2D eigenvalue weighted by atomic mass is 16.5. The highest BCUT2D eigenvalue weighted by molar-refractivity contribution is 5.97. The van der Waals surface area contributed by atoms with Crippen molar-refractivity contribution < 1.29 is 9.53 Å². The van der Waals surface area contributed by atoms with Crippen LogP contribution in [-0.4, -0.2) is 30.3 Å². The number of pyridine rings is 1. The molecule has 0 bridgehead atoms. The van der Waals surface area contributed by atoms with Gasteiger partial charge in [-0.05, 0) is 31.2 Å². The number of methoxy groups -OCH3 is 1. The molecule has 0 aliphatic rings. The zero-order valence-electron chi connectivity index (χ0n) is 12.5. The number of hydrogen-bond acceptors (Lipinski definition) is 5. The maximum absolute atomic E-state index is 11.8. The molecule has 1 aromatic carbocycles. The van der Waals surface area contributed by atoms with Gasteiger partial charge in [-0.25, -0.2) is 5.43 Å². The van der Waals surface area contributed by atoms with E-state index < -0.39 is 0 Å². The molecule has 0 aliphatic heterocycles.